The zero-order valence-electron chi connectivity index (χ0n) is 15.8. The summed E-state index contributed by atoms with van der Waals surface area (Å²) in [6, 6.07) is 0. The highest BCUT2D eigenvalue weighted by Gasteiger charge is 2.67. The summed E-state index contributed by atoms with van der Waals surface area (Å²) < 4.78 is 11.3. The second-order valence-electron chi connectivity index (χ2n) is 10.4. The molecule has 4 nitrogen and oxygen atoms in total. The van der Waals surface area contributed by atoms with Crippen molar-refractivity contribution in [1.29, 1.82) is 0 Å². The fourth-order valence-electron chi connectivity index (χ4n) is 8.68. The van der Waals surface area contributed by atoms with E-state index in [0.29, 0.717) is 5.92 Å². The monoisotopic (exact) mass is 358 g/mol. The van der Waals surface area contributed by atoms with Gasteiger partial charge < -0.3 is 9.47 Å². The molecule has 0 amide bonds. The Morgan fingerprint density at radius 2 is 1.73 bits per heavy atom. The van der Waals surface area contributed by atoms with Crippen molar-refractivity contribution in [3.63, 3.8) is 0 Å². The Bertz CT molecular complexity index is 659. The Morgan fingerprint density at radius 3 is 2.54 bits per heavy atom. The summed E-state index contributed by atoms with van der Waals surface area (Å²) in [4.78, 5) is 25.2. The van der Waals surface area contributed by atoms with Gasteiger partial charge in [-0.1, -0.05) is 13.8 Å². The topological polar surface area (TPSA) is 52.6 Å². The molecule has 0 spiro atoms. The highest BCUT2D eigenvalue weighted by atomic mass is 16.6. The minimum Gasteiger partial charge on any atom is -0.459 e. The molecule has 1 aliphatic heterocycles. The number of fused-ring (bicyclic) bond motifs is 10. The first-order valence-electron chi connectivity index (χ1n) is 11.0. The van der Waals surface area contributed by atoms with Crippen molar-refractivity contribution in [1.82, 2.24) is 0 Å². The molecule has 26 heavy (non-hydrogen) atoms. The zero-order valence-corrected chi connectivity index (χ0v) is 15.8. The number of hydrogen-bond donors (Lipinski definition) is 0. The summed E-state index contributed by atoms with van der Waals surface area (Å²) in [5.41, 5.74) is 0. The Morgan fingerprint density at radius 1 is 0.962 bits per heavy atom. The van der Waals surface area contributed by atoms with Crippen LogP contribution in [-0.2, 0) is 19.1 Å². The molecule has 12 atom stereocenters. The lowest BCUT2D eigenvalue weighted by molar-refractivity contribution is -0.167. The van der Waals surface area contributed by atoms with Crippen LogP contribution in [0.1, 0.15) is 52.4 Å². The molecule has 1 saturated heterocycles. The first-order valence-corrected chi connectivity index (χ1v) is 11.0. The summed E-state index contributed by atoms with van der Waals surface area (Å²) in [6.07, 6.45) is 5.96. The predicted octanol–water partition coefficient (Wildman–Crippen LogP) is 3.43. The molecule has 6 aliphatic rings. The van der Waals surface area contributed by atoms with E-state index in [1.54, 1.807) is 0 Å². The maximum Gasteiger partial charge on any atom is 0.348 e. The molecule has 4 bridgehead atoms. The second-order valence-corrected chi connectivity index (χ2v) is 10.4. The fraction of sp³-hybridized carbons (Fsp3) is 0.909. The van der Waals surface area contributed by atoms with Crippen molar-refractivity contribution < 1.29 is 19.1 Å². The molecule has 0 N–H and O–H groups in total. The van der Waals surface area contributed by atoms with Crippen LogP contribution in [0.25, 0.3) is 0 Å². The number of carbonyl (C=O) groups excluding carboxylic acids is 2. The van der Waals surface area contributed by atoms with Crippen LogP contribution in [0.2, 0.25) is 0 Å². The van der Waals surface area contributed by atoms with Gasteiger partial charge in [0, 0.05) is 5.92 Å². The fourth-order valence-corrected chi connectivity index (χ4v) is 8.68. The Labute approximate surface area is 155 Å². The Balaban J connectivity index is 1.19. The van der Waals surface area contributed by atoms with E-state index in [-0.39, 0.29) is 29.9 Å². The standard InChI is InChI=1S/C22H30O4/c1-9-10(2)14-8-13(9)18-11-6-15(19(14)18)16(7-11)21(23)26-20-12-4-3-5-17(12)25-22(20)24/h9-20H,3-8H2,1-2H3. The quantitative estimate of drug-likeness (QED) is 0.560. The molecule has 0 aromatic rings. The van der Waals surface area contributed by atoms with Gasteiger partial charge in [0.25, 0.3) is 0 Å². The maximum atomic E-state index is 13.0. The minimum absolute atomic E-state index is 0.00221. The zero-order chi connectivity index (χ0) is 17.7. The Kier molecular flexibility index (Phi) is 3.23. The average Bonchev–Trinajstić information content (AvgIpc) is 3.40. The third kappa shape index (κ3) is 1.87. The van der Waals surface area contributed by atoms with Crippen LogP contribution in [0.4, 0.5) is 0 Å². The minimum atomic E-state index is -0.621. The molecule has 5 saturated carbocycles. The third-order valence-corrected chi connectivity index (χ3v) is 9.78. The maximum absolute atomic E-state index is 13.0. The molecule has 0 aromatic carbocycles. The van der Waals surface area contributed by atoms with Gasteiger partial charge in [0.1, 0.15) is 6.10 Å². The van der Waals surface area contributed by atoms with Crippen LogP contribution >= 0.6 is 0 Å². The molecule has 6 fully saturated rings. The van der Waals surface area contributed by atoms with E-state index < -0.39 is 6.10 Å². The number of ether oxygens (including phenoxy) is 2. The first-order chi connectivity index (χ1) is 12.5. The van der Waals surface area contributed by atoms with Crippen molar-refractivity contribution >= 4 is 11.9 Å². The largest absolute Gasteiger partial charge is 0.459 e. The van der Waals surface area contributed by atoms with Gasteiger partial charge in [-0.05, 0) is 85.9 Å². The molecule has 12 unspecified atom stereocenters. The van der Waals surface area contributed by atoms with Gasteiger partial charge >= 0.3 is 11.9 Å². The van der Waals surface area contributed by atoms with Crippen molar-refractivity contribution in [3.05, 3.63) is 0 Å². The summed E-state index contributed by atoms with van der Waals surface area (Å²) in [6.45, 7) is 4.88. The van der Waals surface area contributed by atoms with E-state index in [2.05, 4.69) is 13.8 Å². The van der Waals surface area contributed by atoms with Crippen LogP contribution in [-0.4, -0.2) is 24.1 Å². The highest BCUT2D eigenvalue weighted by Crippen LogP contribution is 2.71. The van der Waals surface area contributed by atoms with Crippen LogP contribution in [0.3, 0.4) is 0 Å². The SMILES string of the molecule is CC1C(C)C2CC1C1C3CC(C(=O)OC4C(=O)OC5CCCC54)C(C3)C21. The van der Waals surface area contributed by atoms with E-state index in [1.165, 1.54) is 12.8 Å². The second kappa shape index (κ2) is 5.26. The first kappa shape index (κ1) is 15.9. The van der Waals surface area contributed by atoms with Crippen molar-refractivity contribution in [2.24, 2.45) is 59.2 Å². The van der Waals surface area contributed by atoms with E-state index in [4.69, 9.17) is 9.47 Å². The number of esters is 2. The van der Waals surface area contributed by atoms with Crippen LogP contribution < -0.4 is 0 Å². The molecule has 142 valence electrons. The number of hydrogen-bond acceptors (Lipinski definition) is 4. The molecular formula is C22H30O4. The normalized spacial score (nSPS) is 58.8. The molecule has 0 radical (unpaired) electrons. The van der Waals surface area contributed by atoms with Gasteiger partial charge in [-0.15, -0.1) is 0 Å². The lowest BCUT2D eigenvalue weighted by Gasteiger charge is -2.43. The molecular weight excluding hydrogens is 328 g/mol. The smallest absolute Gasteiger partial charge is 0.348 e. The van der Waals surface area contributed by atoms with Gasteiger partial charge in [-0.2, -0.15) is 0 Å². The van der Waals surface area contributed by atoms with E-state index >= 15 is 0 Å². The van der Waals surface area contributed by atoms with Gasteiger partial charge in [0.2, 0.25) is 6.10 Å². The molecule has 6 rings (SSSR count). The predicted molar refractivity (Wildman–Crippen MR) is 93.7 cm³/mol. The van der Waals surface area contributed by atoms with E-state index in [9.17, 15) is 9.59 Å². The van der Waals surface area contributed by atoms with Gasteiger partial charge in [-0.3, -0.25) is 4.79 Å². The molecule has 4 heteroatoms. The lowest BCUT2D eigenvalue weighted by Crippen LogP contribution is -2.42. The van der Waals surface area contributed by atoms with Crippen LogP contribution in [0.15, 0.2) is 0 Å². The van der Waals surface area contributed by atoms with E-state index in [1.807, 2.05) is 0 Å². The highest BCUT2D eigenvalue weighted by molar-refractivity contribution is 5.82. The summed E-state index contributed by atoms with van der Waals surface area (Å²) in [7, 11) is 0. The molecule has 1 heterocycles. The summed E-state index contributed by atoms with van der Waals surface area (Å²) in [5.74, 6) is 6.01. The Hall–Kier alpha value is -1.06. The van der Waals surface area contributed by atoms with Gasteiger partial charge in [0.15, 0.2) is 0 Å². The third-order valence-electron chi connectivity index (χ3n) is 9.78. The van der Waals surface area contributed by atoms with Crippen LogP contribution in [0, 0.1) is 59.2 Å². The van der Waals surface area contributed by atoms with Crippen LogP contribution in [0.5, 0.6) is 0 Å². The molecule has 0 aromatic heterocycles. The van der Waals surface area contributed by atoms with Gasteiger partial charge in [0.05, 0.1) is 5.92 Å². The average molecular weight is 358 g/mol. The summed E-state index contributed by atoms with van der Waals surface area (Å²) >= 11 is 0. The summed E-state index contributed by atoms with van der Waals surface area (Å²) in [5, 5.41) is 0. The molecule has 5 aliphatic carbocycles. The van der Waals surface area contributed by atoms with Crippen molar-refractivity contribution in [2.75, 3.05) is 0 Å². The number of rotatable bonds is 2. The number of carbonyl (C=O) groups is 2. The van der Waals surface area contributed by atoms with Gasteiger partial charge in [-0.25, -0.2) is 4.79 Å². The van der Waals surface area contributed by atoms with Crippen molar-refractivity contribution in [3.8, 4) is 0 Å². The lowest BCUT2D eigenvalue weighted by atomic mass is 9.62. The van der Waals surface area contributed by atoms with E-state index in [0.717, 1.165) is 67.1 Å². The van der Waals surface area contributed by atoms with Crippen molar-refractivity contribution in [2.45, 2.75) is 64.6 Å².